The summed E-state index contributed by atoms with van der Waals surface area (Å²) in [5.74, 6) is 0.420. The first-order valence-electron chi connectivity index (χ1n) is 29.0. The van der Waals surface area contributed by atoms with Gasteiger partial charge in [0.2, 0.25) is 0 Å². The zero-order chi connectivity index (χ0) is 52.2. The molecule has 0 saturated carbocycles. The van der Waals surface area contributed by atoms with Crippen molar-refractivity contribution in [2.24, 2.45) is 5.92 Å². The van der Waals surface area contributed by atoms with Gasteiger partial charge in [-0.15, -0.1) is 0 Å². The maximum Gasteiger partial charge on any atom is -0.00139 e. The van der Waals surface area contributed by atoms with Crippen LogP contribution in [0.15, 0.2) is 231 Å². The summed E-state index contributed by atoms with van der Waals surface area (Å²) in [7, 11) is 0. The van der Waals surface area contributed by atoms with Crippen molar-refractivity contribution in [2.75, 3.05) is 0 Å². The molecule has 0 radical (unpaired) electrons. The molecule has 1 unspecified atom stereocenters. The van der Waals surface area contributed by atoms with Gasteiger partial charge in [0.05, 0.1) is 0 Å². The minimum atomic E-state index is 0.420. The topological polar surface area (TPSA) is 0 Å². The van der Waals surface area contributed by atoms with Gasteiger partial charge in [0.15, 0.2) is 0 Å². The summed E-state index contributed by atoms with van der Waals surface area (Å²) < 4.78 is 0. The molecule has 14 aromatic carbocycles. The highest BCUT2D eigenvalue weighted by Crippen LogP contribution is 2.65. The Labute approximate surface area is 467 Å². The summed E-state index contributed by atoms with van der Waals surface area (Å²) in [6.07, 6.45) is 6.20. The fourth-order valence-corrected chi connectivity index (χ4v) is 17.1. The minimum Gasteiger partial charge on any atom is -0.0754 e. The van der Waals surface area contributed by atoms with Crippen molar-refractivity contribution < 1.29 is 0 Å². The number of benzene rings is 14. The lowest BCUT2D eigenvalue weighted by atomic mass is 9.84. The van der Waals surface area contributed by atoms with Gasteiger partial charge in [0, 0.05) is 0 Å². The van der Waals surface area contributed by atoms with Crippen LogP contribution in [0.4, 0.5) is 0 Å². The fraction of sp³-hybridized carbons (Fsp3) is 0.0370. The monoisotopic (exact) mass is 1020 g/mol. The van der Waals surface area contributed by atoms with E-state index >= 15 is 0 Å². The van der Waals surface area contributed by atoms with Crippen LogP contribution in [0.5, 0.6) is 0 Å². The Morgan fingerprint density at radius 1 is 0.210 bits per heavy atom. The molecule has 7 aliphatic rings. The van der Waals surface area contributed by atoms with E-state index in [1.165, 1.54) is 221 Å². The van der Waals surface area contributed by atoms with Crippen molar-refractivity contribution in [1.29, 1.82) is 0 Å². The zero-order valence-electron chi connectivity index (χ0n) is 44.2. The average Bonchev–Trinajstić information content (AvgIpc) is 3.72. The van der Waals surface area contributed by atoms with Crippen molar-refractivity contribution in [3.8, 4) is 145 Å². The van der Waals surface area contributed by atoms with Crippen LogP contribution >= 0.6 is 0 Å². The Hall–Kier alpha value is -10.1. The summed E-state index contributed by atoms with van der Waals surface area (Å²) in [6.45, 7) is 2.40. The largest absolute Gasteiger partial charge is 0.0754 e. The van der Waals surface area contributed by atoms with Gasteiger partial charge in [-0.3, -0.25) is 0 Å². The number of fused-ring (bicyclic) bond motifs is 10. The molecule has 0 nitrogen and oxygen atoms in total. The molecule has 1 atom stereocenters. The van der Waals surface area contributed by atoms with Crippen LogP contribution < -0.4 is 0 Å². The summed E-state index contributed by atoms with van der Waals surface area (Å²) in [6, 6.07) is 85.6. The third kappa shape index (κ3) is 4.88. The van der Waals surface area contributed by atoms with Crippen LogP contribution in [0, 0.1) is 5.92 Å². The highest BCUT2D eigenvalue weighted by Gasteiger charge is 2.38. The van der Waals surface area contributed by atoms with Crippen molar-refractivity contribution in [3.05, 3.63) is 242 Å². The minimum absolute atomic E-state index is 0.420. The van der Waals surface area contributed by atoms with Crippen molar-refractivity contribution in [3.63, 3.8) is 0 Å². The lowest BCUT2D eigenvalue weighted by Gasteiger charge is -2.19. The maximum absolute atomic E-state index is 2.60. The third-order valence-corrected chi connectivity index (χ3v) is 20.2. The number of hydrogen-bond acceptors (Lipinski definition) is 0. The van der Waals surface area contributed by atoms with E-state index in [0.29, 0.717) is 5.92 Å². The van der Waals surface area contributed by atoms with Crippen molar-refractivity contribution in [2.45, 2.75) is 13.3 Å². The van der Waals surface area contributed by atoms with Gasteiger partial charge >= 0.3 is 0 Å². The Balaban J connectivity index is 0.976. The molecule has 25 bridgehead atoms. The van der Waals surface area contributed by atoms with E-state index in [4.69, 9.17) is 0 Å². The molecule has 0 fully saturated rings. The number of hydrogen-bond donors (Lipinski definition) is 0. The molecular weight excluding hydrogens is 973 g/mol. The van der Waals surface area contributed by atoms with E-state index in [1.54, 1.807) is 0 Å². The van der Waals surface area contributed by atoms with Gasteiger partial charge in [-0.2, -0.15) is 0 Å². The predicted octanol–water partition coefficient (Wildman–Crippen LogP) is 22.5. The first-order valence-corrected chi connectivity index (χ1v) is 29.0. The van der Waals surface area contributed by atoms with Crippen LogP contribution in [0.25, 0.3) is 210 Å². The number of rotatable bonds is 0. The molecule has 0 spiro atoms. The first-order chi connectivity index (χ1) is 40.1. The Kier molecular flexibility index (Phi) is 7.43. The molecule has 0 aromatic heterocycles. The quantitative estimate of drug-likeness (QED) is 0.142. The summed E-state index contributed by atoms with van der Waals surface area (Å²) in [5.41, 5.74) is 39.7. The van der Waals surface area contributed by atoms with Gasteiger partial charge in [-0.1, -0.05) is 237 Å². The van der Waals surface area contributed by atoms with E-state index in [1.807, 2.05) is 0 Å². The highest BCUT2D eigenvalue weighted by molar-refractivity contribution is 6.33. The molecule has 0 N–H and O–H groups in total. The molecule has 0 heterocycles. The molecule has 7 aliphatic carbocycles. The van der Waals surface area contributed by atoms with E-state index in [0.717, 1.165) is 6.42 Å². The van der Waals surface area contributed by atoms with Gasteiger partial charge < -0.3 is 0 Å². The van der Waals surface area contributed by atoms with Crippen LogP contribution in [0.3, 0.4) is 0 Å². The van der Waals surface area contributed by atoms with Crippen LogP contribution in [0.2, 0.25) is 0 Å². The molecule has 14 aromatic rings. The van der Waals surface area contributed by atoms with Gasteiger partial charge in [-0.05, 0) is 233 Å². The van der Waals surface area contributed by atoms with Crippen LogP contribution in [-0.2, 0) is 0 Å². The lowest BCUT2D eigenvalue weighted by Crippen LogP contribution is -1.98. The lowest BCUT2D eigenvalue weighted by molar-refractivity contribution is 0.742. The average molecular weight is 1020 g/mol. The zero-order valence-corrected chi connectivity index (χ0v) is 44.2. The standard InChI is InChI=1S/C81H44/c1-41-18-29-65-66(40-41)81-64-39-28-46-27-37-62(80(65)71(46)81)61-36-25-44-23-34-58(76-51-14-6-7-15-52(51)78(61)69(44)76)57-32-21-42-19-30-55(72-47-10-2-3-11-48(47)74(57)67(42)72)56-31-20-43-22-33-59(75-50-13-5-4-12-49(50)73(56)68(43)75)60-35-24-45-26-38-63(64)79-54-17-9-8-16-53(54)77(60)70(45)79/h2-17,19-41H,18H2,1H3. The van der Waals surface area contributed by atoms with E-state index in [-0.39, 0.29) is 0 Å². The molecule has 368 valence electrons. The Bertz CT molecular complexity index is 5550. The first kappa shape index (κ1) is 41.9. The van der Waals surface area contributed by atoms with Crippen LogP contribution in [-0.4, -0.2) is 0 Å². The predicted molar refractivity (Wildman–Crippen MR) is 342 cm³/mol. The molecule has 0 amide bonds. The SMILES string of the molecule is CC1C=C2C(=CC1)c1c3ccc4ccc(c2c14)-c1ccc2ccc(c4c2c1-c1ccccc1-4)-c1ccc2ccc(c4c2c1-c1ccccc1-4)-c1ccc2ccc(c4c2c1-c1ccccc1-4)-c1ccc2ccc-3c3c2c1-c1ccccc1-3. The number of allylic oxidation sites excluding steroid dienone is 4. The smallest absolute Gasteiger partial charge is 0.00139 e. The van der Waals surface area contributed by atoms with Crippen LogP contribution in [0.1, 0.15) is 24.5 Å². The van der Waals surface area contributed by atoms with Crippen molar-refractivity contribution in [1.82, 2.24) is 0 Å². The Morgan fingerprint density at radius 2 is 0.407 bits per heavy atom. The maximum atomic E-state index is 2.60. The van der Waals surface area contributed by atoms with Crippen molar-refractivity contribution >= 4 is 65.0 Å². The van der Waals surface area contributed by atoms with E-state index in [9.17, 15) is 0 Å². The molecule has 81 heavy (non-hydrogen) atoms. The normalized spacial score (nSPS) is 15.0. The second-order valence-corrected chi connectivity index (χ2v) is 24.0. The Morgan fingerprint density at radius 3 is 0.642 bits per heavy atom. The van der Waals surface area contributed by atoms with Gasteiger partial charge in [0.25, 0.3) is 0 Å². The summed E-state index contributed by atoms with van der Waals surface area (Å²) >= 11 is 0. The second-order valence-electron chi connectivity index (χ2n) is 24.0. The van der Waals surface area contributed by atoms with Gasteiger partial charge in [-0.25, -0.2) is 0 Å². The molecular formula is C81H44. The van der Waals surface area contributed by atoms with E-state index in [2.05, 4.69) is 237 Å². The van der Waals surface area contributed by atoms with Gasteiger partial charge in [0.1, 0.15) is 0 Å². The second kappa shape index (κ2) is 14.4. The molecule has 0 heteroatoms. The third-order valence-electron chi connectivity index (χ3n) is 20.2. The summed E-state index contributed by atoms with van der Waals surface area (Å²) in [4.78, 5) is 0. The van der Waals surface area contributed by atoms with E-state index < -0.39 is 0 Å². The molecule has 0 aliphatic heterocycles. The highest BCUT2D eigenvalue weighted by atomic mass is 14.4. The molecule has 21 rings (SSSR count). The molecule has 0 saturated heterocycles. The summed E-state index contributed by atoms with van der Waals surface area (Å²) in [5, 5.41) is 13.2. The fourth-order valence-electron chi connectivity index (χ4n) is 17.1.